The van der Waals surface area contributed by atoms with Gasteiger partial charge in [-0.15, -0.1) is 0 Å². The van der Waals surface area contributed by atoms with Gasteiger partial charge in [-0.1, -0.05) is 22.6 Å². The first-order valence-corrected chi connectivity index (χ1v) is 4.15. The number of carbonyl (C=O) groups excluding carboxylic acids is 1. The van der Waals surface area contributed by atoms with Crippen LogP contribution < -0.4 is 0 Å². The Morgan fingerprint density at radius 3 is 2.40 bits per heavy atom. The van der Waals surface area contributed by atoms with Crippen LogP contribution in [0.15, 0.2) is 11.8 Å². The summed E-state index contributed by atoms with van der Waals surface area (Å²) < 4.78 is 9.88. The van der Waals surface area contributed by atoms with Crippen LogP contribution in [0.1, 0.15) is 0 Å². The van der Waals surface area contributed by atoms with E-state index in [1.54, 1.807) is 0 Å². The molecule has 0 amide bonds. The van der Waals surface area contributed by atoms with Gasteiger partial charge in [0.2, 0.25) is 0 Å². The summed E-state index contributed by atoms with van der Waals surface area (Å²) in [5, 5.41) is 0. The maximum Gasteiger partial charge on any atom is 0.333 e. The number of hydrogen-bond acceptors (Lipinski definition) is 3. The van der Waals surface area contributed by atoms with Crippen molar-refractivity contribution >= 4 is 28.6 Å². The molecule has 0 heterocycles. The van der Waals surface area contributed by atoms with Gasteiger partial charge in [0.15, 0.2) is 0 Å². The van der Waals surface area contributed by atoms with Gasteiger partial charge in [0.25, 0.3) is 0 Å². The molecule has 0 fully saturated rings. The fourth-order valence-corrected chi connectivity index (χ4v) is 0.874. The van der Waals surface area contributed by atoms with Crippen molar-refractivity contribution in [1.29, 1.82) is 0 Å². The van der Waals surface area contributed by atoms with E-state index in [9.17, 15) is 4.79 Å². The number of carbonyl (C=O) groups is 1. The summed E-state index contributed by atoms with van der Waals surface area (Å²) in [6, 6.07) is 0. The van der Waals surface area contributed by atoms with E-state index in [2.05, 4.69) is 27.3 Å². The Hall–Kier alpha value is -0.260. The number of methoxy groups -OCH3 is 2. The lowest BCUT2D eigenvalue weighted by atomic mass is 10.5. The van der Waals surface area contributed by atoms with Crippen LogP contribution in [0.2, 0.25) is 0 Å². The van der Waals surface area contributed by atoms with Crippen LogP contribution in [-0.4, -0.2) is 24.6 Å². The Morgan fingerprint density at radius 2 is 2.10 bits per heavy atom. The molecular formula is C6H9IO3. The molecule has 0 rings (SSSR count). The largest absolute Gasteiger partial charge is 0.500 e. The van der Waals surface area contributed by atoms with Crippen molar-refractivity contribution in [2.45, 2.75) is 0 Å². The second-order valence-electron chi connectivity index (χ2n) is 1.47. The number of halogens is 1. The third kappa shape index (κ3) is 3.71. The van der Waals surface area contributed by atoms with E-state index in [1.165, 1.54) is 20.3 Å². The number of esters is 1. The molecule has 0 unspecified atom stereocenters. The van der Waals surface area contributed by atoms with Gasteiger partial charge in [0, 0.05) is 0 Å². The van der Waals surface area contributed by atoms with E-state index in [-0.39, 0.29) is 5.97 Å². The van der Waals surface area contributed by atoms with Crippen LogP contribution in [-0.2, 0) is 14.3 Å². The first-order valence-electron chi connectivity index (χ1n) is 2.63. The molecule has 3 nitrogen and oxygen atoms in total. The highest BCUT2D eigenvalue weighted by molar-refractivity contribution is 14.1. The molecule has 0 aliphatic carbocycles. The van der Waals surface area contributed by atoms with Crippen molar-refractivity contribution in [3.05, 3.63) is 11.8 Å². The maximum atomic E-state index is 10.6. The minimum atomic E-state index is -0.381. The zero-order chi connectivity index (χ0) is 7.98. The molecule has 0 N–H and O–H groups in total. The molecule has 0 saturated heterocycles. The van der Waals surface area contributed by atoms with Crippen molar-refractivity contribution in [1.82, 2.24) is 0 Å². The zero-order valence-electron chi connectivity index (χ0n) is 5.89. The normalized spacial score (nSPS) is 10.9. The molecule has 0 aromatic rings. The number of ether oxygens (including phenoxy) is 2. The van der Waals surface area contributed by atoms with Crippen LogP contribution in [0, 0.1) is 0 Å². The summed E-state index contributed by atoms with van der Waals surface area (Å²) in [6.07, 6.45) is 1.33. The second kappa shape index (κ2) is 5.52. The predicted octanol–water partition coefficient (Wildman–Crippen LogP) is 1.12. The molecule has 58 valence electrons. The molecule has 0 aromatic heterocycles. The van der Waals surface area contributed by atoms with Gasteiger partial charge in [0.1, 0.15) is 5.76 Å². The highest BCUT2D eigenvalue weighted by Gasteiger charge is 1.98. The lowest BCUT2D eigenvalue weighted by Gasteiger charge is -1.99. The lowest BCUT2D eigenvalue weighted by Crippen LogP contribution is -1.98. The van der Waals surface area contributed by atoms with E-state index in [4.69, 9.17) is 4.74 Å². The zero-order valence-corrected chi connectivity index (χ0v) is 8.04. The monoisotopic (exact) mass is 256 g/mol. The van der Waals surface area contributed by atoms with E-state index in [0.29, 0.717) is 10.2 Å². The second-order valence-corrected chi connectivity index (χ2v) is 2.23. The highest BCUT2D eigenvalue weighted by Crippen LogP contribution is 2.00. The molecule has 0 aliphatic heterocycles. The predicted molar refractivity (Wildman–Crippen MR) is 46.0 cm³/mol. The summed E-state index contributed by atoms with van der Waals surface area (Å²) >= 11 is 2.10. The number of rotatable bonds is 3. The van der Waals surface area contributed by atoms with Crippen LogP contribution in [0.3, 0.4) is 0 Å². The van der Waals surface area contributed by atoms with Gasteiger partial charge < -0.3 is 9.47 Å². The lowest BCUT2D eigenvalue weighted by molar-refractivity contribution is -0.135. The molecule has 10 heavy (non-hydrogen) atoms. The maximum absolute atomic E-state index is 10.6. The summed E-state index contributed by atoms with van der Waals surface area (Å²) in [5.41, 5.74) is 0. The molecule has 0 bridgehead atoms. The Labute approximate surface area is 73.5 Å². The smallest absolute Gasteiger partial charge is 0.333 e. The summed E-state index contributed by atoms with van der Waals surface area (Å²) in [6.45, 7) is 0. The first kappa shape index (κ1) is 9.74. The van der Waals surface area contributed by atoms with Gasteiger partial charge in [0.05, 0.1) is 24.7 Å². The Bertz CT molecular complexity index is 136. The van der Waals surface area contributed by atoms with Crippen LogP contribution in [0.5, 0.6) is 0 Å². The van der Waals surface area contributed by atoms with Gasteiger partial charge >= 0.3 is 5.97 Å². The molecule has 0 aliphatic rings. The molecule has 0 spiro atoms. The Balaban J connectivity index is 3.96. The fraction of sp³-hybridized carbons (Fsp3) is 0.500. The molecular weight excluding hydrogens is 247 g/mol. The molecule has 0 radical (unpaired) electrons. The highest BCUT2D eigenvalue weighted by atomic mass is 127. The van der Waals surface area contributed by atoms with Gasteiger partial charge in [-0.3, -0.25) is 0 Å². The number of alkyl halides is 1. The number of allylic oxidation sites excluding steroid dienone is 1. The number of hydrogen-bond donors (Lipinski definition) is 0. The third-order valence-corrected chi connectivity index (χ3v) is 1.63. The van der Waals surface area contributed by atoms with Gasteiger partial charge in [-0.2, -0.15) is 0 Å². The quantitative estimate of drug-likeness (QED) is 0.249. The fourth-order valence-electron chi connectivity index (χ4n) is 0.342. The molecule has 0 aromatic carbocycles. The van der Waals surface area contributed by atoms with Crippen LogP contribution >= 0.6 is 22.6 Å². The average molecular weight is 256 g/mol. The van der Waals surface area contributed by atoms with Crippen LogP contribution in [0.25, 0.3) is 0 Å². The van der Waals surface area contributed by atoms with E-state index >= 15 is 0 Å². The SMILES string of the molecule is COC(=O)/C=C(\CI)OC. The molecule has 0 atom stereocenters. The summed E-state index contributed by atoms with van der Waals surface area (Å²) in [4.78, 5) is 10.6. The van der Waals surface area contributed by atoms with Crippen molar-refractivity contribution in [3.8, 4) is 0 Å². The van der Waals surface area contributed by atoms with Crippen molar-refractivity contribution in [2.75, 3.05) is 18.6 Å². The summed E-state index contributed by atoms with van der Waals surface area (Å²) in [7, 11) is 2.85. The van der Waals surface area contributed by atoms with Crippen molar-refractivity contribution in [3.63, 3.8) is 0 Å². The van der Waals surface area contributed by atoms with Crippen LogP contribution in [0.4, 0.5) is 0 Å². The Morgan fingerprint density at radius 1 is 1.50 bits per heavy atom. The minimum absolute atomic E-state index is 0.381. The van der Waals surface area contributed by atoms with E-state index < -0.39 is 0 Å². The molecule has 4 heteroatoms. The van der Waals surface area contributed by atoms with E-state index in [0.717, 1.165) is 0 Å². The van der Waals surface area contributed by atoms with Crippen molar-refractivity contribution in [2.24, 2.45) is 0 Å². The molecule has 0 saturated carbocycles. The van der Waals surface area contributed by atoms with Gasteiger partial charge in [-0.25, -0.2) is 4.79 Å². The topological polar surface area (TPSA) is 35.5 Å². The third-order valence-electron chi connectivity index (χ3n) is 0.874. The minimum Gasteiger partial charge on any atom is -0.500 e. The Kier molecular flexibility index (Phi) is 5.38. The van der Waals surface area contributed by atoms with E-state index in [1.807, 2.05) is 0 Å². The van der Waals surface area contributed by atoms with Gasteiger partial charge in [-0.05, 0) is 0 Å². The first-order chi connectivity index (χ1) is 4.74. The summed E-state index contributed by atoms with van der Waals surface area (Å²) in [5.74, 6) is 0.237. The standard InChI is InChI=1S/C6H9IO3/c1-9-5(4-7)3-6(8)10-2/h3H,4H2,1-2H3/b5-3+. The average Bonchev–Trinajstić information content (AvgIpc) is 1.99. The van der Waals surface area contributed by atoms with Crippen molar-refractivity contribution < 1.29 is 14.3 Å².